The lowest BCUT2D eigenvalue weighted by Crippen LogP contribution is -2.41. The van der Waals surface area contributed by atoms with Gasteiger partial charge >= 0.3 is 17.9 Å². The van der Waals surface area contributed by atoms with Crippen molar-refractivity contribution >= 4 is 17.9 Å². The SMILES string of the molecule is COC(=O)CCC1OC(CCC(=O)OC)OC(CCC(=O)OC)O1. The zero-order chi connectivity index (χ0) is 17.9. The molecule has 1 aliphatic rings. The molecule has 1 fully saturated rings. The fraction of sp³-hybridized carbons (Fsp3) is 0.800. The van der Waals surface area contributed by atoms with Crippen LogP contribution < -0.4 is 0 Å². The topological polar surface area (TPSA) is 107 Å². The van der Waals surface area contributed by atoms with Crippen LogP contribution in [0.15, 0.2) is 0 Å². The number of rotatable bonds is 9. The molecule has 1 heterocycles. The molecule has 0 N–H and O–H groups in total. The van der Waals surface area contributed by atoms with Gasteiger partial charge in [0.25, 0.3) is 0 Å². The number of ether oxygens (including phenoxy) is 6. The van der Waals surface area contributed by atoms with Gasteiger partial charge in [0.1, 0.15) is 0 Å². The molecule has 9 heteroatoms. The van der Waals surface area contributed by atoms with E-state index < -0.39 is 18.9 Å². The van der Waals surface area contributed by atoms with Crippen molar-refractivity contribution in [3.8, 4) is 0 Å². The highest BCUT2D eigenvalue weighted by atomic mass is 16.9. The molecule has 0 amide bonds. The largest absolute Gasteiger partial charge is 0.469 e. The first-order valence-electron chi connectivity index (χ1n) is 7.65. The van der Waals surface area contributed by atoms with Gasteiger partial charge in [-0.2, -0.15) is 0 Å². The van der Waals surface area contributed by atoms with Crippen LogP contribution in [0.4, 0.5) is 0 Å². The molecule has 0 bridgehead atoms. The van der Waals surface area contributed by atoms with Crippen LogP contribution >= 0.6 is 0 Å². The van der Waals surface area contributed by atoms with Crippen molar-refractivity contribution in [2.75, 3.05) is 21.3 Å². The summed E-state index contributed by atoms with van der Waals surface area (Å²) >= 11 is 0. The van der Waals surface area contributed by atoms with Crippen molar-refractivity contribution in [2.45, 2.75) is 57.4 Å². The summed E-state index contributed by atoms with van der Waals surface area (Å²) in [6.45, 7) is 0. The predicted molar refractivity (Wildman–Crippen MR) is 78.4 cm³/mol. The summed E-state index contributed by atoms with van der Waals surface area (Å²) in [5.41, 5.74) is 0. The van der Waals surface area contributed by atoms with E-state index in [0.717, 1.165) is 0 Å². The molecule has 0 unspecified atom stereocenters. The third-order valence-corrected chi connectivity index (χ3v) is 3.35. The summed E-state index contributed by atoms with van der Waals surface area (Å²) in [4.78, 5) is 33.7. The van der Waals surface area contributed by atoms with Crippen LogP contribution in [0.5, 0.6) is 0 Å². The Morgan fingerprint density at radius 2 is 0.875 bits per heavy atom. The molecule has 1 saturated heterocycles. The van der Waals surface area contributed by atoms with Crippen LogP contribution in [0.3, 0.4) is 0 Å². The number of carbonyl (C=O) groups is 3. The number of carbonyl (C=O) groups excluding carboxylic acids is 3. The second-order valence-corrected chi connectivity index (χ2v) is 5.04. The first-order valence-corrected chi connectivity index (χ1v) is 7.65. The van der Waals surface area contributed by atoms with Gasteiger partial charge in [0.05, 0.1) is 40.6 Å². The van der Waals surface area contributed by atoms with E-state index in [2.05, 4.69) is 14.2 Å². The van der Waals surface area contributed by atoms with Crippen LogP contribution in [-0.4, -0.2) is 58.1 Å². The van der Waals surface area contributed by atoms with Gasteiger partial charge in [-0.15, -0.1) is 0 Å². The molecular formula is C15H24O9. The Morgan fingerprint density at radius 1 is 0.625 bits per heavy atom. The summed E-state index contributed by atoms with van der Waals surface area (Å²) in [6, 6.07) is 0. The van der Waals surface area contributed by atoms with E-state index in [-0.39, 0.29) is 56.4 Å². The molecule has 138 valence electrons. The van der Waals surface area contributed by atoms with Crippen LogP contribution in [0.2, 0.25) is 0 Å². The minimum atomic E-state index is -0.692. The van der Waals surface area contributed by atoms with Gasteiger partial charge in [-0.3, -0.25) is 14.4 Å². The minimum Gasteiger partial charge on any atom is -0.469 e. The van der Waals surface area contributed by atoms with Crippen molar-refractivity contribution in [1.29, 1.82) is 0 Å². The lowest BCUT2D eigenvalue weighted by atomic mass is 10.2. The smallest absolute Gasteiger partial charge is 0.305 e. The quantitative estimate of drug-likeness (QED) is 0.443. The van der Waals surface area contributed by atoms with Crippen LogP contribution in [0, 0.1) is 0 Å². The standard InChI is InChI=1S/C15H24O9/c1-19-10(16)4-7-13-22-14(8-5-11(17)20-2)24-15(23-13)9-6-12(18)21-3/h13-15H,4-9H2,1-3H3. The van der Waals surface area contributed by atoms with E-state index in [9.17, 15) is 14.4 Å². The molecule has 1 aliphatic heterocycles. The highest BCUT2D eigenvalue weighted by Crippen LogP contribution is 2.24. The van der Waals surface area contributed by atoms with E-state index in [4.69, 9.17) is 14.2 Å². The molecule has 9 nitrogen and oxygen atoms in total. The van der Waals surface area contributed by atoms with Crippen molar-refractivity contribution in [3.05, 3.63) is 0 Å². The fourth-order valence-electron chi connectivity index (χ4n) is 2.03. The molecule has 1 rings (SSSR count). The van der Waals surface area contributed by atoms with Gasteiger partial charge in [-0.25, -0.2) is 0 Å². The average molecular weight is 348 g/mol. The maximum Gasteiger partial charge on any atom is 0.305 e. The Bertz CT molecular complexity index is 355. The van der Waals surface area contributed by atoms with Crippen LogP contribution in [0.25, 0.3) is 0 Å². The monoisotopic (exact) mass is 348 g/mol. The first kappa shape index (κ1) is 20.3. The Morgan fingerprint density at radius 3 is 1.08 bits per heavy atom. The lowest BCUT2D eigenvalue weighted by molar-refractivity contribution is -0.385. The van der Waals surface area contributed by atoms with Crippen molar-refractivity contribution in [2.24, 2.45) is 0 Å². The van der Waals surface area contributed by atoms with Gasteiger partial charge in [0.2, 0.25) is 0 Å². The average Bonchev–Trinajstić information content (AvgIpc) is 2.61. The Kier molecular flexibility index (Phi) is 9.28. The molecule has 0 aliphatic carbocycles. The maximum absolute atomic E-state index is 11.2. The van der Waals surface area contributed by atoms with Gasteiger partial charge in [-0.05, 0) is 0 Å². The van der Waals surface area contributed by atoms with Crippen molar-refractivity contribution < 1.29 is 42.8 Å². The van der Waals surface area contributed by atoms with Gasteiger partial charge in [-0.1, -0.05) is 0 Å². The lowest BCUT2D eigenvalue weighted by Gasteiger charge is -2.35. The zero-order valence-corrected chi connectivity index (χ0v) is 14.1. The molecule has 0 spiro atoms. The van der Waals surface area contributed by atoms with E-state index >= 15 is 0 Å². The highest BCUT2D eigenvalue weighted by molar-refractivity contribution is 5.69. The van der Waals surface area contributed by atoms with Gasteiger partial charge < -0.3 is 28.4 Å². The number of esters is 3. The Hall–Kier alpha value is -1.71. The first-order chi connectivity index (χ1) is 11.5. The molecule has 0 aromatic rings. The predicted octanol–water partition coefficient (Wildman–Crippen LogP) is 0.888. The molecule has 0 aromatic heterocycles. The van der Waals surface area contributed by atoms with E-state index in [1.54, 1.807) is 0 Å². The molecule has 0 saturated carbocycles. The second kappa shape index (κ2) is 11.0. The summed E-state index contributed by atoms with van der Waals surface area (Å²) in [7, 11) is 3.89. The summed E-state index contributed by atoms with van der Waals surface area (Å²) in [6.07, 6.45) is -0.884. The maximum atomic E-state index is 11.2. The van der Waals surface area contributed by atoms with Gasteiger partial charge in [0.15, 0.2) is 18.9 Å². The summed E-state index contributed by atoms with van der Waals surface area (Å²) < 4.78 is 30.4. The van der Waals surface area contributed by atoms with Crippen molar-refractivity contribution in [3.63, 3.8) is 0 Å². The summed E-state index contributed by atoms with van der Waals surface area (Å²) in [5, 5.41) is 0. The third kappa shape index (κ3) is 7.71. The van der Waals surface area contributed by atoms with E-state index in [1.807, 2.05) is 0 Å². The van der Waals surface area contributed by atoms with Crippen LogP contribution in [-0.2, 0) is 42.8 Å². The normalized spacial score (nSPS) is 23.4. The van der Waals surface area contributed by atoms with Gasteiger partial charge in [0, 0.05) is 19.3 Å². The van der Waals surface area contributed by atoms with E-state index in [0.29, 0.717) is 0 Å². The number of hydrogen-bond acceptors (Lipinski definition) is 9. The van der Waals surface area contributed by atoms with Crippen LogP contribution in [0.1, 0.15) is 38.5 Å². The molecule has 0 radical (unpaired) electrons. The summed E-state index contributed by atoms with van der Waals surface area (Å²) in [5.74, 6) is -1.15. The highest BCUT2D eigenvalue weighted by Gasteiger charge is 2.31. The number of methoxy groups -OCH3 is 3. The van der Waals surface area contributed by atoms with Crippen molar-refractivity contribution in [1.82, 2.24) is 0 Å². The van der Waals surface area contributed by atoms with E-state index in [1.165, 1.54) is 21.3 Å². The minimum absolute atomic E-state index is 0.120. The fourth-order valence-corrected chi connectivity index (χ4v) is 2.03. The Balaban J connectivity index is 2.54. The molecular weight excluding hydrogens is 324 g/mol. The second-order valence-electron chi connectivity index (χ2n) is 5.04. The number of hydrogen-bond donors (Lipinski definition) is 0. The zero-order valence-electron chi connectivity index (χ0n) is 14.1. The molecule has 0 aromatic carbocycles. The molecule has 0 atom stereocenters. The molecule has 24 heavy (non-hydrogen) atoms. The third-order valence-electron chi connectivity index (χ3n) is 3.35. The Labute approximate surface area is 140 Å².